The van der Waals surface area contributed by atoms with Crippen molar-refractivity contribution >= 4 is 23.2 Å². The summed E-state index contributed by atoms with van der Waals surface area (Å²) < 4.78 is 39.0. The third kappa shape index (κ3) is 4.38. The number of halogens is 3. The summed E-state index contributed by atoms with van der Waals surface area (Å²) in [6.45, 7) is 1.65. The summed E-state index contributed by atoms with van der Waals surface area (Å²) in [6, 6.07) is 6.65. The lowest BCUT2D eigenvalue weighted by atomic mass is 9.83. The maximum absolute atomic E-state index is 13.0. The molecule has 2 aromatic rings. The van der Waals surface area contributed by atoms with Gasteiger partial charge in [-0.1, -0.05) is 6.07 Å². The number of thiophene rings is 1. The number of alkyl halides is 3. The average molecular weight is 436 g/mol. The minimum atomic E-state index is -4.48. The minimum Gasteiger partial charge on any atom is -0.339 e. The van der Waals surface area contributed by atoms with Crippen LogP contribution in [0.1, 0.15) is 40.7 Å². The van der Waals surface area contributed by atoms with Gasteiger partial charge in [-0.05, 0) is 65.8 Å². The number of carbonyl (C=O) groups excluding carboxylic acids is 2. The largest absolute Gasteiger partial charge is 0.416 e. The minimum absolute atomic E-state index is 0.0597. The molecule has 2 amide bonds. The maximum atomic E-state index is 13.0. The summed E-state index contributed by atoms with van der Waals surface area (Å²) in [4.78, 5) is 29.3. The van der Waals surface area contributed by atoms with Crippen LogP contribution in [0.15, 0.2) is 41.1 Å². The van der Waals surface area contributed by atoms with Crippen molar-refractivity contribution < 1.29 is 22.8 Å². The normalized spacial score (nSPS) is 22.0. The molecule has 2 saturated heterocycles. The van der Waals surface area contributed by atoms with Gasteiger partial charge in [0.15, 0.2) is 0 Å². The number of likely N-dealkylation sites (tertiary alicyclic amines) is 2. The van der Waals surface area contributed by atoms with Gasteiger partial charge in [0.1, 0.15) is 0 Å². The second-order valence-electron chi connectivity index (χ2n) is 7.98. The van der Waals surface area contributed by atoms with Gasteiger partial charge >= 0.3 is 6.18 Å². The van der Waals surface area contributed by atoms with E-state index in [1.54, 1.807) is 16.2 Å². The Balaban J connectivity index is 1.43. The van der Waals surface area contributed by atoms with Crippen molar-refractivity contribution in [3.8, 4) is 0 Å². The lowest BCUT2D eigenvalue weighted by Gasteiger charge is -2.47. The van der Waals surface area contributed by atoms with E-state index < -0.39 is 11.7 Å². The van der Waals surface area contributed by atoms with Crippen LogP contribution in [-0.4, -0.2) is 47.3 Å². The van der Waals surface area contributed by atoms with Crippen molar-refractivity contribution in [1.82, 2.24) is 9.80 Å². The average Bonchev–Trinajstić information content (AvgIpc) is 3.24. The molecule has 4 rings (SSSR count). The monoisotopic (exact) mass is 436 g/mol. The molecule has 2 atom stereocenters. The highest BCUT2D eigenvalue weighted by Gasteiger charge is 2.39. The fourth-order valence-electron chi connectivity index (χ4n) is 4.58. The van der Waals surface area contributed by atoms with Gasteiger partial charge in [-0.3, -0.25) is 9.59 Å². The standard InChI is InChI=1S/C22H23F3N2O2S/c23-22(24,25)18-5-1-3-16(12-18)21(29)26-9-6-19-17(13-26)4-2-8-27(19)20(28)11-15-7-10-30-14-15/h1,3,5,7,10,12,14,17,19H,2,4,6,8-9,11,13H2/t17-,19-/m1/s1. The lowest BCUT2D eigenvalue weighted by molar-refractivity contribution is -0.138. The summed E-state index contributed by atoms with van der Waals surface area (Å²) in [6.07, 6.45) is -1.64. The molecular formula is C22H23F3N2O2S. The van der Waals surface area contributed by atoms with E-state index in [1.807, 2.05) is 21.7 Å². The Hall–Kier alpha value is -2.35. The molecule has 2 aliphatic rings. The zero-order valence-electron chi connectivity index (χ0n) is 16.4. The Morgan fingerprint density at radius 2 is 1.97 bits per heavy atom. The molecule has 0 N–H and O–H groups in total. The molecule has 1 aromatic heterocycles. The number of rotatable bonds is 3. The Labute approximate surface area is 177 Å². The van der Waals surface area contributed by atoms with E-state index in [2.05, 4.69) is 0 Å². The van der Waals surface area contributed by atoms with Gasteiger partial charge in [-0.2, -0.15) is 24.5 Å². The highest BCUT2D eigenvalue weighted by atomic mass is 32.1. The Morgan fingerprint density at radius 1 is 1.13 bits per heavy atom. The first-order chi connectivity index (χ1) is 14.3. The fraction of sp³-hybridized carbons (Fsp3) is 0.455. The fourth-order valence-corrected chi connectivity index (χ4v) is 5.25. The second-order valence-corrected chi connectivity index (χ2v) is 8.76. The molecule has 30 heavy (non-hydrogen) atoms. The van der Waals surface area contributed by atoms with Crippen molar-refractivity contribution in [2.75, 3.05) is 19.6 Å². The summed E-state index contributed by atoms with van der Waals surface area (Å²) in [5, 5.41) is 3.94. The maximum Gasteiger partial charge on any atom is 0.416 e. The molecule has 0 saturated carbocycles. The summed E-state index contributed by atoms with van der Waals surface area (Å²) >= 11 is 1.57. The van der Waals surface area contributed by atoms with Crippen molar-refractivity contribution in [1.29, 1.82) is 0 Å². The van der Waals surface area contributed by atoms with E-state index in [4.69, 9.17) is 0 Å². The number of benzene rings is 1. The van der Waals surface area contributed by atoms with Crippen LogP contribution >= 0.6 is 11.3 Å². The molecule has 0 spiro atoms. The number of piperidine rings is 2. The van der Waals surface area contributed by atoms with Crippen LogP contribution in [-0.2, 0) is 17.4 Å². The van der Waals surface area contributed by atoms with Gasteiger partial charge in [-0.25, -0.2) is 0 Å². The third-order valence-electron chi connectivity index (χ3n) is 6.05. The predicted octanol–water partition coefficient (Wildman–Crippen LogP) is 4.46. The van der Waals surface area contributed by atoms with Crippen molar-refractivity contribution in [2.24, 2.45) is 5.92 Å². The highest BCUT2D eigenvalue weighted by Crippen LogP contribution is 2.33. The Morgan fingerprint density at radius 3 is 2.70 bits per heavy atom. The van der Waals surface area contributed by atoms with Gasteiger partial charge in [0, 0.05) is 31.2 Å². The van der Waals surface area contributed by atoms with E-state index in [0.29, 0.717) is 25.9 Å². The first-order valence-electron chi connectivity index (χ1n) is 10.1. The zero-order valence-corrected chi connectivity index (χ0v) is 17.2. The van der Waals surface area contributed by atoms with Crippen LogP contribution in [0.3, 0.4) is 0 Å². The van der Waals surface area contributed by atoms with Gasteiger partial charge in [0.05, 0.1) is 12.0 Å². The van der Waals surface area contributed by atoms with E-state index >= 15 is 0 Å². The number of fused-ring (bicyclic) bond motifs is 1. The van der Waals surface area contributed by atoms with Gasteiger partial charge in [0.2, 0.25) is 5.91 Å². The topological polar surface area (TPSA) is 40.6 Å². The molecule has 160 valence electrons. The van der Waals surface area contributed by atoms with Crippen LogP contribution < -0.4 is 0 Å². The first kappa shape index (κ1) is 20.9. The van der Waals surface area contributed by atoms with Crippen molar-refractivity contribution in [2.45, 2.75) is 37.9 Å². The molecule has 3 heterocycles. The number of hydrogen-bond donors (Lipinski definition) is 0. The lowest BCUT2D eigenvalue weighted by Crippen LogP contribution is -2.56. The Kier molecular flexibility index (Phi) is 5.86. The molecule has 4 nitrogen and oxygen atoms in total. The van der Waals surface area contributed by atoms with Gasteiger partial charge < -0.3 is 9.80 Å². The summed E-state index contributed by atoms with van der Waals surface area (Å²) in [5.41, 5.74) is 0.264. The van der Waals surface area contributed by atoms with Gasteiger partial charge in [0.25, 0.3) is 5.91 Å². The molecule has 8 heteroatoms. The van der Waals surface area contributed by atoms with Crippen LogP contribution in [0.2, 0.25) is 0 Å². The van der Waals surface area contributed by atoms with Crippen molar-refractivity contribution in [3.05, 3.63) is 57.8 Å². The quantitative estimate of drug-likeness (QED) is 0.713. The van der Waals surface area contributed by atoms with Crippen LogP contribution in [0.5, 0.6) is 0 Å². The molecular weight excluding hydrogens is 413 g/mol. The second kappa shape index (κ2) is 8.41. The van der Waals surface area contributed by atoms with E-state index in [9.17, 15) is 22.8 Å². The van der Waals surface area contributed by atoms with E-state index in [1.165, 1.54) is 12.1 Å². The number of carbonyl (C=O) groups is 2. The molecule has 1 aromatic carbocycles. The molecule has 2 fully saturated rings. The Bertz CT molecular complexity index is 913. The van der Waals surface area contributed by atoms with Crippen molar-refractivity contribution in [3.63, 3.8) is 0 Å². The highest BCUT2D eigenvalue weighted by molar-refractivity contribution is 7.08. The SMILES string of the molecule is O=C(c1cccc(C(F)(F)F)c1)N1CC[C@@H]2[C@H](CCCN2C(=O)Cc2ccsc2)C1. The third-order valence-corrected chi connectivity index (χ3v) is 6.78. The number of amides is 2. The van der Waals surface area contributed by atoms with Crippen LogP contribution in [0.4, 0.5) is 13.2 Å². The van der Waals surface area contributed by atoms with E-state index in [-0.39, 0.29) is 29.3 Å². The zero-order chi connectivity index (χ0) is 21.3. The predicted molar refractivity (Wildman–Crippen MR) is 108 cm³/mol. The summed E-state index contributed by atoms with van der Waals surface area (Å²) in [5.74, 6) is -0.101. The molecule has 2 aliphatic heterocycles. The number of nitrogens with zero attached hydrogens (tertiary/aromatic N) is 2. The molecule has 0 radical (unpaired) electrons. The van der Waals surface area contributed by atoms with Gasteiger partial charge in [-0.15, -0.1) is 0 Å². The van der Waals surface area contributed by atoms with Crippen LogP contribution in [0.25, 0.3) is 0 Å². The molecule has 0 unspecified atom stereocenters. The van der Waals surface area contributed by atoms with Crippen LogP contribution in [0, 0.1) is 5.92 Å². The number of hydrogen-bond acceptors (Lipinski definition) is 3. The molecule has 0 aliphatic carbocycles. The summed E-state index contributed by atoms with van der Waals surface area (Å²) in [7, 11) is 0. The molecule has 0 bridgehead atoms. The van der Waals surface area contributed by atoms with E-state index in [0.717, 1.165) is 37.1 Å². The smallest absolute Gasteiger partial charge is 0.339 e. The first-order valence-corrected chi connectivity index (χ1v) is 11.0.